The summed E-state index contributed by atoms with van der Waals surface area (Å²) in [6, 6.07) is 9.12. The van der Waals surface area contributed by atoms with E-state index in [0.29, 0.717) is 5.56 Å². The van der Waals surface area contributed by atoms with Gasteiger partial charge in [0.25, 0.3) is 0 Å². The van der Waals surface area contributed by atoms with Gasteiger partial charge in [-0.1, -0.05) is 12.1 Å². The monoisotopic (exact) mass is 246 g/mol. The zero-order chi connectivity index (χ0) is 13.5. The van der Waals surface area contributed by atoms with Gasteiger partial charge in [0, 0.05) is 0 Å². The predicted octanol–water partition coefficient (Wildman–Crippen LogP) is 2.16. The lowest BCUT2D eigenvalue weighted by Crippen LogP contribution is -2.31. The van der Waals surface area contributed by atoms with Crippen molar-refractivity contribution in [3.05, 3.63) is 35.4 Å². The molecule has 0 aliphatic rings. The van der Waals surface area contributed by atoms with Gasteiger partial charge in [0.2, 0.25) is 5.91 Å². The number of nitriles is 1. The fourth-order valence-corrected chi connectivity index (χ4v) is 1.46. The molecular weight excluding hydrogens is 228 g/mol. The summed E-state index contributed by atoms with van der Waals surface area (Å²) in [4.78, 5) is 11.6. The van der Waals surface area contributed by atoms with Gasteiger partial charge in [-0.3, -0.25) is 4.79 Å². The molecule has 0 heterocycles. The molecule has 1 aromatic rings. The largest absolute Gasteiger partial charge is 0.369 e. The summed E-state index contributed by atoms with van der Waals surface area (Å²) in [5, 5.41) is 11.5. The second-order valence-electron chi connectivity index (χ2n) is 4.38. The van der Waals surface area contributed by atoms with Crippen molar-refractivity contribution >= 4 is 5.91 Å². The number of rotatable bonds is 5. The second-order valence-corrected chi connectivity index (χ2v) is 4.38. The molecule has 1 N–H and O–H groups in total. The Kier molecular flexibility index (Phi) is 5.34. The summed E-state index contributed by atoms with van der Waals surface area (Å²) in [5.74, 6) is -0.138. The minimum absolute atomic E-state index is 0.0426. The van der Waals surface area contributed by atoms with Gasteiger partial charge in [0.15, 0.2) is 0 Å². The van der Waals surface area contributed by atoms with Crippen LogP contribution in [0, 0.1) is 11.3 Å². The van der Waals surface area contributed by atoms with E-state index in [1.54, 1.807) is 12.1 Å². The van der Waals surface area contributed by atoms with Crippen molar-refractivity contribution in [2.75, 3.05) is 6.61 Å². The number of amides is 1. The van der Waals surface area contributed by atoms with Crippen molar-refractivity contribution < 1.29 is 9.53 Å². The number of nitrogens with one attached hydrogen (secondary N) is 1. The van der Waals surface area contributed by atoms with Crippen LogP contribution in [0.2, 0.25) is 0 Å². The Morgan fingerprint density at radius 2 is 1.94 bits per heavy atom. The molecule has 4 heteroatoms. The molecule has 0 radical (unpaired) electrons. The summed E-state index contributed by atoms with van der Waals surface area (Å²) in [7, 11) is 0. The lowest BCUT2D eigenvalue weighted by molar-refractivity contribution is -0.127. The molecule has 96 valence electrons. The van der Waals surface area contributed by atoms with E-state index in [1.165, 1.54) is 0 Å². The third-order valence-corrected chi connectivity index (χ3v) is 2.47. The van der Waals surface area contributed by atoms with Crippen LogP contribution in [-0.2, 0) is 9.53 Å². The van der Waals surface area contributed by atoms with E-state index in [2.05, 4.69) is 11.4 Å². The van der Waals surface area contributed by atoms with Crippen molar-refractivity contribution in [2.24, 2.45) is 0 Å². The Labute approximate surface area is 108 Å². The fraction of sp³-hybridized carbons (Fsp3) is 0.429. The highest BCUT2D eigenvalue weighted by Crippen LogP contribution is 2.12. The van der Waals surface area contributed by atoms with Gasteiger partial charge in [-0.2, -0.15) is 5.26 Å². The Balaban J connectivity index is 2.51. The van der Waals surface area contributed by atoms with Gasteiger partial charge in [0.1, 0.15) is 6.61 Å². The topological polar surface area (TPSA) is 62.1 Å². The molecule has 0 saturated carbocycles. The van der Waals surface area contributed by atoms with E-state index in [4.69, 9.17) is 10.00 Å². The Morgan fingerprint density at radius 3 is 2.44 bits per heavy atom. The van der Waals surface area contributed by atoms with Crippen molar-refractivity contribution in [1.82, 2.24) is 5.32 Å². The van der Waals surface area contributed by atoms with Crippen molar-refractivity contribution in [3.8, 4) is 6.07 Å². The molecule has 0 spiro atoms. The summed E-state index contributed by atoms with van der Waals surface area (Å²) in [6.45, 7) is 5.74. The molecule has 0 saturated heterocycles. The molecule has 0 fully saturated rings. The normalized spacial score (nSPS) is 11.9. The van der Waals surface area contributed by atoms with E-state index < -0.39 is 0 Å². The van der Waals surface area contributed by atoms with Crippen molar-refractivity contribution in [3.63, 3.8) is 0 Å². The number of benzene rings is 1. The number of hydrogen-bond donors (Lipinski definition) is 1. The number of ether oxygens (including phenoxy) is 1. The molecule has 0 aliphatic heterocycles. The third kappa shape index (κ3) is 4.56. The highest BCUT2D eigenvalue weighted by Gasteiger charge is 2.10. The zero-order valence-electron chi connectivity index (χ0n) is 10.9. The molecule has 18 heavy (non-hydrogen) atoms. The number of carbonyl (C=O) groups excluding carboxylic acids is 1. The Morgan fingerprint density at radius 1 is 1.33 bits per heavy atom. The average molecular weight is 246 g/mol. The lowest BCUT2D eigenvalue weighted by Gasteiger charge is -2.15. The van der Waals surface area contributed by atoms with Crippen LogP contribution in [0.3, 0.4) is 0 Å². The average Bonchev–Trinajstić information content (AvgIpc) is 2.36. The summed E-state index contributed by atoms with van der Waals surface area (Å²) in [6.07, 6.45) is 0.0426. The van der Waals surface area contributed by atoms with E-state index in [9.17, 15) is 4.79 Å². The number of carbonyl (C=O) groups is 1. The number of hydrogen-bond acceptors (Lipinski definition) is 3. The quantitative estimate of drug-likeness (QED) is 0.866. The highest BCUT2D eigenvalue weighted by molar-refractivity contribution is 5.77. The highest BCUT2D eigenvalue weighted by atomic mass is 16.5. The maximum absolute atomic E-state index is 11.6. The molecule has 1 amide bonds. The third-order valence-electron chi connectivity index (χ3n) is 2.47. The molecule has 0 aliphatic carbocycles. The standard InChI is InChI=1S/C14H18N2O2/c1-10(2)18-9-14(17)16-11(3)13-6-4-12(8-15)5-7-13/h4-7,10-11H,9H2,1-3H3,(H,16,17). The minimum atomic E-state index is -0.138. The van der Waals surface area contributed by atoms with Gasteiger partial charge < -0.3 is 10.1 Å². The predicted molar refractivity (Wildman–Crippen MR) is 68.8 cm³/mol. The lowest BCUT2D eigenvalue weighted by atomic mass is 10.1. The molecule has 0 aromatic heterocycles. The first-order chi connectivity index (χ1) is 8.52. The molecule has 0 bridgehead atoms. The van der Waals surface area contributed by atoms with Gasteiger partial charge in [-0.25, -0.2) is 0 Å². The van der Waals surface area contributed by atoms with E-state index in [1.807, 2.05) is 32.9 Å². The zero-order valence-corrected chi connectivity index (χ0v) is 10.9. The smallest absolute Gasteiger partial charge is 0.246 e. The van der Waals surface area contributed by atoms with E-state index >= 15 is 0 Å². The van der Waals surface area contributed by atoms with Gasteiger partial charge >= 0.3 is 0 Å². The van der Waals surface area contributed by atoms with Gasteiger partial charge in [-0.15, -0.1) is 0 Å². The van der Waals surface area contributed by atoms with E-state index in [-0.39, 0.29) is 24.7 Å². The van der Waals surface area contributed by atoms with Gasteiger partial charge in [0.05, 0.1) is 23.8 Å². The van der Waals surface area contributed by atoms with Crippen LogP contribution in [0.4, 0.5) is 0 Å². The molecular formula is C14H18N2O2. The summed E-state index contributed by atoms with van der Waals surface area (Å²) < 4.78 is 5.22. The van der Waals surface area contributed by atoms with Crippen molar-refractivity contribution in [1.29, 1.82) is 5.26 Å². The van der Waals surface area contributed by atoms with Crippen LogP contribution in [0.5, 0.6) is 0 Å². The molecule has 4 nitrogen and oxygen atoms in total. The Bertz CT molecular complexity index is 432. The van der Waals surface area contributed by atoms with Crippen LogP contribution >= 0.6 is 0 Å². The molecule has 1 rings (SSSR count). The fourth-order valence-electron chi connectivity index (χ4n) is 1.46. The maximum Gasteiger partial charge on any atom is 0.246 e. The minimum Gasteiger partial charge on any atom is -0.369 e. The second kappa shape index (κ2) is 6.77. The molecule has 1 atom stereocenters. The summed E-state index contributed by atoms with van der Waals surface area (Å²) >= 11 is 0. The Hall–Kier alpha value is -1.86. The first-order valence-corrected chi connectivity index (χ1v) is 5.94. The van der Waals surface area contributed by atoms with Crippen molar-refractivity contribution in [2.45, 2.75) is 32.9 Å². The van der Waals surface area contributed by atoms with Crippen LogP contribution in [0.25, 0.3) is 0 Å². The number of nitrogens with zero attached hydrogens (tertiary/aromatic N) is 1. The van der Waals surface area contributed by atoms with Crippen LogP contribution in [0.1, 0.15) is 37.9 Å². The first kappa shape index (κ1) is 14.2. The van der Waals surface area contributed by atoms with Gasteiger partial charge in [-0.05, 0) is 38.5 Å². The van der Waals surface area contributed by atoms with Crippen LogP contribution in [0.15, 0.2) is 24.3 Å². The maximum atomic E-state index is 11.6. The first-order valence-electron chi connectivity index (χ1n) is 5.94. The summed E-state index contributed by atoms with van der Waals surface area (Å²) in [5.41, 5.74) is 1.58. The van der Waals surface area contributed by atoms with E-state index in [0.717, 1.165) is 5.56 Å². The van der Waals surface area contributed by atoms with Crippen LogP contribution < -0.4 is 5.32 Å². The molecule has 1 aromatic carbocycles. The van der Waals surface area contributed by atoms with Crippen LogP contribution in [-0.4, -0.2) is 18.6 Å². The molecule has 1 unspecified atom stereocenters. The SMILES string of the molecule is CC(C)OCC(=O)NC(C)c1ccc(C#N)cc1.